The summed E-state index contributed by atoms with van der Waals surface area (Å²) in [5.74, 6) is 1.04. The van der Waals surface area contributed by atoms with Crippen molar-refractivity contribution in [3.8, 4) is 5.75 Å². The van der Waals surface area contributed by atoms with Crippen molar-refractivity contribution in [2.75, 3.05) is 26.7 Å². The van der Waals surface area contributed by atoms with E-state index in [2.05, 4.69) is 5.32 Å². The van der Waals surface area contributed by atoms with Gasteiger partial charge in [-0.15, -0.1) is 12.4 Å². The van der Waals surface area contributed by atoms with Gasteiger partial charge in [-0.05, 0) is 44.0 Å². The Kier molecular flexibility index (Phi) is 7.54. The lowest BCUT2D eigenvalue weighted by atomic mass is 10.0. The van der Waals surface area contributed by atoms with E-state index in [9.17, 15) is 4.79 Å². The maximum atomic E-state index is 12.2. The zero-order valence-corrected chi connectivity index (χ0v) is 13.6. The Labute approximate surface area is 133 Å². The molecule has 1 heterocycles. The van der Waals surface area contributed by atoms with Crippen LogP contribution in [0.25, 0.3) is 0 Å². The van der Waals surface area contributed by atoms with Gasteiger partial charge < -0.3 is 15.0 Å². The zero-order valence-electron chi connectivity index (χ0n) is 12.8. The van der Waals surface area contributed by atoms with E-state index in [0.717, 1.165) is 25.1 Å². The van der Waals surface area contributed by atoms with Gasteiger partial charge in [-0.25, -0.2) is 0 Å². The number of halogens is 1. The monoisotopic (exact) mass is 312 g/mol. The molecule has 0 aliphatic carbocycles. The fourth-order valence-electron chi connectivity index (χ4n) is 2.44. The number of ether oxygens (including phenoxy) is 1. The fourth-order valence-corrected chi connectivity index (χ4v) is 2.44. The molecule has 1 atom stereocenters. The predicted molar refractivity (Wildman–Crippen MR) is 87.2 cm³/mol. The minimum Gasteiger partial charge on any atom is -0.492 e. The summed E-state index contributed by atoms with van der Waals surface area (Å²) in [5, 5.41) is 3.28. The Morgan fingerprint density at radius 2 is 2.24 bits per heavy atom. The normalized spacial score (nSPS) is 17.7. The van der Waals surface area contributed by atoms with E-state index in [-0.39, 0.29) is 24.4 Å². The molecule has 1 fully saturated rings. The van der Waals surface area contributed by atoms with Crippen LogP contribution in [0.15, 0.2) is 24.3 Å². The Balaban J connectivity index is 0.00000220. The van der Waals surface area contributed by atoms with E-state index in [1.165, 1.54) is 12.0 Å². The van der Waals surface area contributed by atoms with Crippen LogP contribution in [0, 0.1) is 6.92 Å². The van der Waals surface area contributed by atoms with Gasteiger partial charge in [0.1, 0.15) is 12.4 Å². The van der Waals surface area contributed by atoms with Crippen LogP contribution in [-0.2, 0) is 4.79 Å². The number of benzene rings is 1. The van der Waals surface area contributed by atoms with Gasteiger partial charge in [-0.2, -0.15) is 0 Å². The van der Waals surface area contributed by atoms with E-state index in [4.69, 9.17) is 4.74 Å². The van der Waals surface area contributed by atoms with Gasteiger partial charge in [0.05, 0.1) is 12.6 Å². The number of likely N-dealkylation sites (N-methyl/N-ethyl adjacent to an activating group) is 1. The summed E-state index contributed by atoms with van der Waals surface area (Å²) in [6.45, 7) is 4.13. The number of amides is 1. The van der Waals surface area contributed by atoms with E-state index >= 15 is 0 Å². The third kappa shape index (κ3) is 5.56. The molecule has 0 spiro atoms. The highest BCUT2D eigenvalue weighted by Gasteiger charge is 2.23. The molecule has 1 N–H and O–H groups in total. The lowest BCUT2D eigenvalue weighted by Crippen LogP contribution is -2.48. The molecule has 0 bridgehead atoms. The SMILES string of the molecule is Cc1cccc(OCCN(C)C(=O)[C@H]2CCCCN2)c1.Cl. The highest BCUT2D eigenvalue weighted by atomic mass is 35.5. The standard InChI is InChI=1S/C16H24N2O2.ClH/c1-13-6-5-7-14(12-13)20-11-10-18(2)16(19)15-8-3-4-9-17-15;/h5-7,12,15,17H,3-4,8-11H2,1-2H3;1H/t15-;/m1./s1. The first-order chi connectivity index (χ1) is 9.66. The van der Waals surface area contributed by atoms with Crippen molar-refractivity contribution >= 4 is 18.3 Å². The molecule has 0 aromatic heterocycles. The third-order valence-electron chi connectivity index (χ3n) is 3.67. The van der Waals surface area contributed by atoms with Crippen LogP contribution in [0.3, 0.4) is 0 Å². The maximum Gasteiger partial charge on any atom is 0.239 e. The summed E-state index contributed by atoms with van der Waals surface area (Å²) in [6, 6.07) is 7.96. The average molecular weight is 313 g/mol. The Hall–Kier alpha value is -1.26. The minimum atomic E-state index is -0.00674. The summed E-state index contributed by atoms with van der Waals surface area (Å²) in [4.78, 5) is 14.0. The molecule has 4 nitrogen and oxygen atoms in total. The number of nitrogens with zero attached hydrogens (tertiary/aromatic N) is 1. The quantitative estimate of drug-likeness (QED) is 0.908. The topological polar surface area (TPSA) is 41.6 Å². The van der Waals surface area contributed by atoms with Crippen LogP contribution in [0.5, 0.6) is 5.75 Å². The summed E-state index contributed by atoms with van der Waals surface area (Å²) >= 11 is 0. The van der Waals surface area contributed by atoms with Crippen molar-refractivity contribution in [2.45, 2.75) is 32.2 Å². The van der Waals surface area contributed by atoms with E-state index in [1.54, 1.807) is 4.90 Å². The molecule has 21 heavy (non-hydrogen) atoms. The molecule has 5 heteroatoms. The van der Waals surface area contributed by atoms with Gasteiger partial charge in [0.15, 0.2) is 0 Å². The van der Waals surface area contributed by atoms with Crippen LogP contribution in [0.1, 0.15) is 24.8 Å². The number of aryl methyl sites for hydroxylation is 1. The smallest absolute Gasteiger partial charge is 0.239 e. The molecule has 0 saturated carbocycles. The number of rotatable bonds is 5. The van der Waals surface area contributed by atoms with Crippen molar-refractivity contribution in [1.82, 2.24) is 10.2 Å². The van der Waals surface area contributed by atoms with Gasteiger partial charge in [0.2, 0.25) is 5.91 Å². The summed E-state index contributed by atoms with van der Waals surface area (Å²) in [6.07, 6.45) is 3.25. The van der Waals surface area contributed by atoms with Gasteiger partial charge in [0.25, 0.3) is 0 Å². The Morgan fingerprint density at radius 1 is 1.43 bits per heavy atom. The molecule has 0 unspecified atom stereocenters. The fraction of sp³-hybridized carbons (Fsp3) is 0.562. The lowest BCUT2D eigenvalue weighted by molar-refractivity contribution is -0.133. The van der Waals surface area contributed by atoms with Crippen molar-refractivity contribution in [2.24, 2.45) is 0 Å². The first-order valence-corrected chi connectivity index (χ1v) is 7.34. The molecule has 2 rings (SSSR count). The molecule has 1 aliphatic rings. The Morgan fingerprint density at radius 3 is 2.90 bits per heavy atom. The number of hydrogen-bond acceptors (Lipinski definition) is 3. The first kappa shape index (κ1) is 17.8. The maximum absolute atomic E-state index is 12.2. The average Bonchev–Trinajstić information content (AvgIpc) is 2.47. The highest BCUT2D eigenvalue weighted by Crippen LogP contribution is 2.12. The second-order valence-electron chi connectivity index (χ2n) is 5.43. The second-order valence-corrected chi connectivity index (χ2v) is 5.43. The minimum absolute atomic E-state index is 0. The zero-order chi connectivity index (χ0) is 14.4. The van der Waals surface area contributed by atoms with Crippen LogP contribution >= 0.6 is 12.4 Å². The van der Waals surface area contributed by atoms with Crippen molar-refractivity contribution < 1.29 is 9.53 Å². The van der Waals surface area contributed by atoms with Gasteiger partial charge in [-0.1, -0.05) is 18.6 Å². The molecular weight excluding hydrogens is 288 g/mol. The van der Waals surface area contributed by atoms with Crippen LogP contribution in [0.2, 0.25) is 0 Å². The molecular formula is C16H25ClN2O2. The molecule has 1 aliphatic heterocycles. The van der Waals surface area contributed by atoms with Crippen LogP contribution in [-0.4, -0.2) is 43.6 Å². The number of carbonyl (C=O) groups is 1. The highest BCUT2D eigenvalue weighted by molar-refractivity contribution is 5.85. The molecule has 1 aromatic carbocycles. The number of carbonyl (C=O) groups excluding carboxylic acids is 1. The number of hydrogen-bond donors (Lipinski definition) is 1. The summed E-state index contributed by atoms with van der Waals surface area (Å²) < 4.78 is 5.68. The van der Waals surface area contributed by atoms with Gasteiger partial charge in [-0.3, -0.25) is 4.79 Å². The van der Waals surface area contributed by atoms with Crippen molar-refractivity contribution in [1.29, 1.82) is 0 Å². The second kappa shape index (κ2) is 8.90. The largest absolute Gasteiger partial charge is 0.492 e. The Bertz CT molecular complexity index is 448. The van der Waals surface area contributed by atoms with Gasteiger partial charge >= 0.3 is 0 Å². The molecule has 0 radical (unpaired) electrons. The van der Waals surface area contributed by atoms with Crippen LogP contribution in [0.4, 0.5) is 0 Å². The first-order valence-electron chi connectivity index (χ1n) is 7.34. The number of nitrogens with one attached hydrogen (secondary N) is 1. The van der Waals surface area contributed by atoms with Crippen molar-refractivity contribution in [3.63, 3.8) is 0 Å². The van der Waals surface area contributed by atoms with E-state index in [1.807, 2.05) is 38.2 Å². The third-order valence-corrected chi connectivity index (χ3v) is 3.67. The predicted octanol–water partition coefficient (Wildman–Crippen LogP) is 2.40. The molecule has 1 aromatic rings. The summed E-state index contributed by atoms with van der Waals surface area (Å²) in [5.41, 5.74) is 1.18. The number of piperidine rings is 1. The van der Waals surface area contributed by atoms with Gasteiger partial charge in [0, 0.05) is 7.05 Å². The van der Waals surface area contributed by atoms with E-state index in [0.29, 0.717) is 13.2 Å². The molecule has 1 amide bonds. The lowest BCUT2D eigenvalue weighted by Gasteiger charge is -2.27. The molecule has 1 saturated heterocycles. The molecule has 118 valence electrons. The van der Waals surface area contributed by atoms with Crippen LogP contribution < -0.4 is 10.1 Å². The van der Waals surface area contributed by atoms with E-state index < -0.39 is 0 Å². The summed E-state index contributed by atoms with van der Waals surface area (Å²) in [7, 11) is 1.85. The van der Waals surface area contributed by atoms with Crippen molar-refractivity contribution in [3.05, 3.63) is 29.8 Å².